The summed E-state index contributed by atoms with van der Waals surface area (Å²) in [6, 6.07) is 12.0. The van der Waals surface area contributed by atoms with Crippen LogP contribution in [-0.2, 0) is 6.54 Å². The highest BCUT2D eigenvalue weighted by Gasteiger charge is 2.22. The zero-order valence-corrected chi connectivity index (χ0v) is 16.3. The standard InChI is InChI=1S/C20H23Cl2N3/c1-4-13(3)19(23)20-24-17-9-15(21)16(22)10-18(17)25(20)11-14-7-5-6-12(2)8-14/h5-10,13,19H,4,11,23H2,1-3H3/t13?,19-/m0/s1. The topological polar surface area (TPSA) is 43.8 Å². The third-order valence-electron chi connectivity index (χ3n) is 4.80. The van der Waals surface area contributed by atoms with E-state index in [0.29, 0.717) is 22.5 Å². The Hall–Kier alpha value is -1.55. The van der Waals surface area contributed by atoms with Crippen LogP contribution in [0.4, 0.5) is 0 Å². The van der Waals surface area contributed by atoms with Gasteiger partial charge in [0.05, 0.1) is 27.1 Å². The number of halogens is 2. The summed E-state index contributed by atoms with van der Waals surface area (Å²) in [5.74, 6) is 1.21. The molecule has 0 fully saturated rings. The van der Waals surface area contributed by atoms with E-state index in [1.165, 1.54) is 11.1 Å². The highest BCUT2D eigenvalue weighted by Crippen LogP contribution is 2.32. The molecule has 25 heavy (non-hydrogen) atoms. The van der Waals surface area contributed by atoms with Crippen LogP contribution in [0, 0.1) is 12.8 Å². The molecule has 0 aliphatic heterocycles. The first-order valence-electron chi connectivity index (χ1n) is 8.57. The molecule has 0 radical (unpaired) electrons. The van der Waals surface area contributed by atoms with Gasteiger partial charge in [0.25, 0.3) is 0 Å². The minimum atomic E-state index is -0.139. The van der Waals surface area contributed by atoms with Crippen LogP contribution in [-0.4, -0.2) is 9.55 Å². The summed E-state index contributed by atoms with van der Waals surface area (Å²) >= 11 is 12.4. The SMILES string of the molecule is CCC(C)[C@H](N)c1nc2cc(Cl)c(Cl)cc2n1Cc1cccc(C)c1. The molecule has 0 spiro atoms. The normalized spacial score (nSPS) is 14.0. The molecule has 0 bridgehead atoms. The summed E-state index contributed by atoms with van der Waals surface area (Å²) < 4.78 is 2.17. The van der Waals surface area contributed by atoms with E-state index in [0.717, 1.165) is 23.3 Å². The molecular weight excluding hydrogens is 353 g/mol. The molecule has 1 aromatic heterocycles. The molecule has 132 valence electrons. The highest BCUT2D eigenvalue weighted by molar-refractivity contribution is 6.42. The largest absolute Gasteiger partial charge is 0.322 e. The fourth-order valence-electron chi connectivity index (χ4n) is 3.06. The van der Waals surface area contributed by atoms with Gasteiger partial charge in [-0.1, -0.05) is 73.3 Å². The molecule has 2 atom stereocenters. The van der Waals surface area contributed by atoms with Crippen molar-refractivity contribution in [1.82, 2.24) is 9.55 Å². The van der Waals surface area contributed by atoms with Crippen molar-refractivity contribution in [3.63, 3.8) is 0 Å². The molecule has 0 aliphatic carbocycles. The first-order valence-corrected chi connectivity index (χ1v) is 9.32. The van der Waals surface area contributed by atoms with Gasteiger partial charge < -0.3 is 10.3 Å². The molecule has 0 saturated carbocycles. The predicted octanol–water partition coefficient (Wildman–Crippen LogP) is 5.75. The fourth-order valence-corrected chi connectivity index (χ4v) is 3.38. The number of aromatic nitrogens is 2. The summed E-state index contributed by atoms with van der Waals surface area (Å²) in [4.78, 5) is 4.80. The Labute approximate surface area is 158 Å². The van der Waals surface area contributed by atoms with Crippen LogP contribution < -0.4 is 5.73 Å². The van der Waals surface area contributed by atoms with Crippen molar-refractivity contribution in [1.29, 1.82) is 0 Å². The van der Waals surface area contributed by atoms with Crippen molar-refractivity contribution in [3.8, 4) is 0 Å². The number of nitrogens with zero attached hydrogens (tertiary/aromatic N) is 2. The molecule has 2 N–H and O–H groups in total. The Bertz CT molecular complexity index is 901. The molecule has 0 saturated heterocycles. The minimum Gasteiger partial charge on any atom is -0.322 e. The van der Waals surface area contributed by atoms with E-state index in [4.69, 9.17) is 33.9 Å². The van der Waals surface area contributed by atoms with Crippen LogP contribution >= 0.6 is 23.2 Å². The van der Waals surface area contributed by atoms with Crippen LogP contribution in [0.15, 0.2) is 36.4 Å². The lowest BCUT2D eigenvalue weighted by Gasteiger charge is -2.20. The zero-order chi connectivity index (χ0) is 18.1. The average molecular weight is 376 g/mol. The number of imidazole rings is 1. The molecule has 1 unspecified atom stereocenters. The summed E-state index contributed by atoms with van der Waals surface area (Å²) in [6.07, 6.45) is 0.996. The van der Waals surface area contributed by atoms with Gasteiger partial charge in [-0.3, -0.25) is 0 Å². The number of fused-ring (bicyclic) bond motifs is 1. The first kappa shape index (κ1) is 18.2. The average Bonchev–Trinajstić information content (AvgIpc) is 2.91. The molecular formula is C20H23Cl2N3. The molecule has 3 aromatic rings. The van der Waals surface area contributed by atoms with Crippen LogP contribution in [0.25, 0.3) is 11.0 Å². The molecule has 5 heteroatoms. The lowest BCUT2D eigenvalue weighted by molar-refractivity contribution is 0.428. The molecule has 3 nitrogen and oxygen atoms in total. The monoisotopic (exact) mass is 375 g/mol. The number of nitrogens with two attached hydrogens (primary N) is 1. The highest BCUT2D eigenvalue weighted by atomic mass is 35.5. The Morgan fingerprint density at radius 3 is 2.56 bits per heavy atom. The third-order valence-corrected chi connectivity index (χ3v) is 5.52. The number of hydrogen-bond donors (Lipinski definition) is 1. The lowest BCUT2D eigenvalue weighted by atomic mass is 9.99. The van der Waals surface area contributed by atoms with Gasteiger partial charge in [-0.2, -0.15) is 0 Å². The number of hydrogen-bond acceptors (Lipinski definition) is 2. The van der Waals surface area contributed by atoms with Crippen molar-refractivity contribution in [2.75, 3.05) is 0 Å². The van der Waals surface area contributed by atoms with Crippen molar-refractivity contribution in [2.24, 2.45) is 11.7 Å². The second-order valence-electron chi connectivity index (χ2n) is 6.71. The van der Waals surface area contributed by atoms with Crippen LogP contribution in [0.1, 0.15) is 43.3 Å². The maximum atomic E-state index is 6.52. The van der Waals surface area contributed by atoms with Gasteiger partial charge in [0.2, 0.25) is 0 Å². The van der Waals surface area contributed by atoms with Gasteiger partial charge >= 0.3 is 0 Å². The van der Waals surface area contributed by atoms with Crippen molar-refractivity contribution >= 4 is 34.2 Å². The second kappa shape index (κ2) is 7.36. The van der Waals surface area contributed by atoms with Crippen LogP contribution in [0.5, 0.6) is 0 Å². The van der Waals surface area contributed by atoms with E-state index in [9.17, 15) is 0 Å². The quantitative estimate of drug-likeness (QED) is 0.617. The number of aryl methyl sites for hydroxylation is 1. The van der Waals surface area contributed by atoms with Crippen molar-refractivity contribution in [3.05, 3.63) is 63.4 Å². The minimum absolute atomic E-state index is 0.139. The Kier molecular flexibility index (Phi) is 5.38. The van der Waals surface area contributed by atoms with Crippen molar-refractivity contribution < 1.29 is 0 Å². The molecule has 0 aliphatic rings. The summed E-state index contributed by atoms with van der Waals surface area (Å²) in [5.41, 5.74) is 10.8. The van der Waals surface area contributed by atoms with Gasteiger partial charge in [-0.25, -0.2) is 4.98 Å². The van der Waals surface area contributed by atoms with Gasteiger partial charge in [0.1, 0.15) is 5.82 Å². The fraction of sp³-hybridized carbons (Fsp3) is 0.350. The third kappa shape index (κ3) is 3.69. The Morgan fingerprint density at radius 2 is 1.88 bits per heavy atom. The van der Waals surface area contributed by atoms with Gasteiger partial charge in [-0.15, -0.1) is 0 Å². The Morgan fingerprint density at radius 1 is 1.16 bits per heavy atom. The van der Waals surface area contributed by atoms with E-state index in [1.54, 1.807) is 0 Å². The number of benzene rings is 2. The molecule has 1 heterocycles. The van der Waals surface area contributed by atoms with E-state index in [1.807, 2.05) is 12.1 Å². The van der Waals surface area contributed by atoms with Crippen LogP contribution in [0.3, 0.4) is 0 Å². The smallest absolute Gasteiger partial charge is 0.127 e. The Balaban J connectivity index is 2.16. The summed E-state index contributed by atoms with van der Waals surface area (Å²) in [5, 5.41) is 1.04. The zero-order valence-electron chi connectivity index (χ0n) is 14.8. The summed E-state index contributed by atoms with van der Waals surface area (Å²) in [7, 11) is 0. The summed E-state index contributed by atoms with van der Waals surface area (Å²) in [6.45, 7) is 7.10. The van der Waals surface area contributed by atoms with E-state index in [2.05, 4.69) is 49.6 Å². The second-order valence-corrected chi connectivity index (χ2v) is 7.53. The van der Waals surface area contributed by atoms with E-state index in [-0.39, 0.29) is 6.04 Å². The molecule has 3 rings (SSSR count). The van der Waals surface area contributed by atoms with Crippen LogP contribution in [0.2, 0.25) is 10.0 Å². The number of rotatable bonds is 5. The van der Waals surface area contributed by atoms with E-state index >= 15 is 0 Å². The van der Waals surface area contributed by atoms with Gasteiger partial charge in [0, 0.05) is 6.54 Å². The molecule has 0 amide bonds. The predicted molar refractivity (Wildman–Crippen MR) is 106 cm³/mol. The lowest BCUT2D eigenvalue weighted by Crippen LogP contribution is -2.23. The maximum absolute atomic E-state index is 6.52. The maximum Gasteiger partial charge on any atom is 0.127 e. The van der Waals surface area contributed by atoms with Gasteiger partial charge in [-0.05, 0) is 30.5 Å². The molecule has 2 aromatic carbocycles. The van der Waals surface area contributed by atoms with E-state index < -0.39 is 0 Å². The van der Waals surface area contributed by atoms with Crippen molar-refractivity contribution in [2.45, 2.75) is 39.8 Å². The first-order chi connectivity index (χ1) is 11.9. The van der Waals surface area contributed by atoms with Gasteiger partial charge in [0.15, 0.2) is 0 Å².